The molecule has 2 aromatic rings. The number of carbonyl (C=O) groups is 2. The summed E-state index contributed by atoms with van der Waals surface area (Å²) >= 11 is 0. The third kappa shape index (κ3) is 7.10. The Hall–Kier alpha value is -3.13. The van der Waals surface area contributed by atoms with Crippen molar-refractivity contribution >= 4 is 11.9 Å². The molecule has 0 spiro atoms. The van der Waals surface area contributed by atoms with E-state index in [4.69, 9.17) is 4.74 Å². The van der Waals surface area contributed by atoms with Gasteiger partial charge in [0.15, 0.2) is 0 Å². The molecule has 1 N–H and O–H groups in total. The highest BCUT2D eigenvalue weighted by Crippen LogP contribution is 2.28. The number of rotatable bonds is 9. The monoisotopic (exact) mass is 536 g/mol. The number of halogens is 1. The van der Waals surface area contributed by atoms with Gasteiger partial charge < -0.3 is 24.8 Å². The standard InChI is InChI=1S/C31H41FN4O3/c1-34(30(37)24-8-12-28(13-9-24)39-29-14-10-25(32)11-15-29)27-17-20-36(22-27)31(38)35-19-16-26(21-35)33-18-4-7-23-5-2-3-6-23/h8-15,23,26-27,33H,2-7,16-22H2,1H3/t26-,27+/m1/s1. The van der Waals surface area contributed by atoms with E-state index in [0.29, 0.717) is 36.2 Å². The third-order valence-corrected chi connectivity index (χ3v) is 8.61. The van der Waals surface area contributed by atoms with Crippen molar-refractivity contribution in [1.82, 2.24) is 20.0 Å². The van der Waals surface area contributed by atoms with Gasteiger partial charge in [-0.25, -0.2) is 9.18 Å². The maximum atomic E-state index is 13.2. The van der Waals surface area contributed by atoms with Crippen molar-refractivity contribution in [1.29, 1.82) is 0 Å². The van der Waals surface area contributed by atoms with Crippen LogP contribution in [-0.2, 0) is 0 Å². The summed E-state index contributed by atoms with van der Waals surface area (Å²) in [5.74, 6) is 1.64. The summed E-state index contributed by atoms with van der Waals surface area (Å²) in [5.41, 5.74) is 0.565. The van der Waals surface area contributed by atoms with Crippen LogP contribution in [0.25, 0.3) is 0 Å². The van der Waals surface area contributed by atoms with E-state index in [9.17, 15) is 14.0 Å². The van der Waals surface area contributed by atoms with E-state index < -0.39 is 0 Å². The van der Waals surface area contributed by atoms with Gasteiger partial charge in [0.05, 0.1) is 6.04 Å². The Labute approximate surface area is 231 Å². The minimum Gasteiger partial charge on any atom is -0.457 e. The largest absolute Gasteiger partial charge is 0.457 e. The zero-order valence-corrected chi connectivity index (χ0v) is 23.0. The van der Waals surface area contributed by atoms with Crippen molar-refractivity contribution < 1.29 is 18.7 Å². The molecule has 2 atom stereocenters. The minimum atomic E-state index is -0.319. The Balaban J connectivity index is 1.05. The molecule has 0 unspecified atom stereocenters. The van der Waals surface area contributed by atoms with E-state index in [1.165, 1.54) is 50.7 Å². The molecular formula is C31H41FN4O3. The number of likely N-dealkylation sites (N-methyl/N-ethyl adjacent to an activating group) is 1. The van der Waals surface area contributed by atoms with Gasteiger partial charge >= 0.3 is 6.03 Å². The molecule has 2 heterocycles. The zero-order valence-electron chi connectivity index (χ0n) is 23.0. The predicted octanol–water partition coefficient (Wildman–Crippen LogP) is 5.52. The Kier molecular flexibility index (Phi) is 9.02. The zero-order chi connectivity index (χ0) is 27.2. The smallest absolute Gasteiger partial charge is 0.320 e. The molecule has 2 aliphatic heterocycles. The number of ether oxygens (including phenoxy) is 1. The van der Waals surface area contributed by atoms with Crippen LogP contribution in [0.1, 0.15) is 61.7 Å². The number of benzene rings is 2. The molecule has 5 rings (SSSR count). The molecule has 0 radical (unpaired) electrons. The molecule has 3 fully saturated rings. The van der Waals surface area contributed by atoms with Gasteiger partial charge in [-0.1, -0.05) is 25.7 Å². The second-order valence-electron chi connectivity index (χ2n) is 11.3. The molecule has 39 heavy (non-hydrogen) atoms. The summed E-state index contributed by atoms with van der Waals surface area (Å²) < 4.78 is 18.8. The summed E-state index contributed by atoms with van der Waals surface area (Å²) in [6, 6.07) is 13.2. The number of nitrogens with one attached hydrogen (secondary N) is 1. The van der Waals surface area contributed by atoms with Crippen LogP contribution in [0.4, 0.5) is 9.18 Å². The first-order valence-electron chi connectivity index (χ1n) is 14.5. The number of hydrogen-bond acceptors (Lipinski definition) is 4. The number of carbonyl (C=O) groups excluding carboxylic acids is 2. The van der Waals surface area contributed by atoms with Crippen LogP contribution in [0.15, 0.2) is 48.5 Å². The predicted molar refractivity (Wildman–Crippen MR) is 150 cm³/mol. The van der Waals surface area contributed by atoms with Crippen molar-refractivity contribution in [2.75, 3.05) is 39.8 Å². The summed E-state index contributed by atoms with van der Waals surface area (Å²) in [6.07, 6.45) is 9.96. The fourth-order valence-corrected chi connectivity index (χ4v) is 6.20. The molecule has 0 aromatic heterocycles. The Bertz CT molecular complexity index is 1100. The first-order chi connectivity index (χ1) is 19.0. The number of likely N-dealkylation sites (tertiary alicyclic amines) is 2. The molecule has 210 valence electrons. The first-order valence-corrected chi connectivity index (χ1v) is 14.5. The van der Waals surface area contributed by atoms with Gasteiger partial charge in [-0.05, 0) is 86.7 Å². The summed E-state index contributed by atoms with van der Waals surface area (Å²) in [5, 5.41) is 3.67. The maximum absolute atomic E-state index is 13.2. The molecule has 1 aliphatic carbocycles. The lowest BCUT2D eigenvalue weighted by Crippen LogP contribution is -2.45. The quantitative estimate of drug-likeness (QED) is 0.429. The van der Waals surface area contributed by atoms with Crippen molar-refractivity contribution in [3.8, 4) is 11.5 Å². The van der Waals surface area contributed by atoms with Crippen molar-refractivity contribution in [2.24, 2.45) is 5.92 Å². The van der Waals surface area contributed by atoms with Crippen molar-refractivity contribution in [3.63, 3.8) is 0 Å². The normalized spacial score (nSPS) is 21.5. The summed E-state index contributed by atoms with van der Waals surface area (Å²) in [7, 11) is 1.81. The molecule has 2 saturated heterocycles. The van der Waals surface area contributed by atoms with Crippen LogP contribution in [0, 0.1) is 11.7 Å². The van der Waals surface area contributed by atoms with Gasteiger partial charge in [-0.3, -0.25) is 4.79 Å². The van der Waals surface area contributed by atoms with Crippen molar-refractivity contribution in [3.05, 3.63) is 59.9 Å². The Morgan fingerprint density at radius 2 is 1.56 bits per heavy atom. The van der Waals surface area contributed by atoms with Gasteiger partial charge in [-0.15, -0.1) is 0 Å². The number of amides is 3. The highest BCUT2D eigenvalue weighted by molar-refractivity contribution is 5.94. The van der Waals surface area contributed by atoms with Gasteiger partial charge in [0.1, 0.15) is 17.3 Å². The molecule has 2 aromatic carbocycles. The lowest BCUT2D eigenvalue weighted by molar-refractivity contribution is 0.0735. The summed E-state index contributed by atoms with van der Waals surface area (Å²) in [6.45, 7) is 3.83. The Morgan fingerprint density at radius 1 is 0.923 bits per heavy atom. The highest BCUT2D eigenvalue weighted by Gasteiger charge is 2.35. The van der Waals surface area contributed by atoms with Crippen LogP contribution < -0.4 is 10.1 Å². The average Bonchev–Trinajstić information content (AvgIpc) is 3.74. The summed E-state index contributed by atoms with van der Waals surface area (Å²) in [4.78, 5) is 32.0. The van der Waals surface area contributed by atoms with Crippen LogP contribution in [0.2, 0.25) is 0 Å². The van der Waals surface area contributed by atoms with Gasteiger partial charge in [0, 0.05) is 44.8 Å². The second-order valence-corrected chi connectivity index (χ2v) is 11.3. The van der Waals surface area contributed by atoms with E-state index >= 15 is 0 Å². The fourth-order valence-electron chi connectivity index (χ4n) is 6.20. The van der Waals surface area contributed by atoms with E-state index in [0.717, 1.165) is 38.4 Å². The molecule has 1 saturated carbocycles. The van der Waals surface area contributed by atoms with Gasteiger partial charge in [-0.2, -0.15) is 0 Å². The van der Waals surface area contributed by atoms with Gasteiger partial charge in [0.25, 0.3) is 5.91 Å². The molecule has 8 heteroatoms. The topological polar surface area (TPSA) is 65.1 Å². The Morgan fingerprint density at radius 3 is 2.28 bits per heavy atom. The molecule has 0 bridgehead atoms. The van der Waals surface area contributed by atoms with Gasteiger partial charge in [0.2, 0.25) is 0 Å². The maximum Gasteiger partial charge on any atom is 0.320 e. The van der Waals surface area contributed by atoms with Crippen LogP contribution in [0.5, 0.6) is 11.5 Å². The van der Waals surface area contributed by atoms with E-state index in [1.807, 2.05) is 16.8 Å². The van der Waals surface area contributed by atoms with E-state index in [-0.39, 0.29) is 23.8 Å². The second kappa shape index (κ2) is 12.8. The minimum absolute atomic E-state index is 0.0105. The number of nitrogens with zero attached hydrogens (tertiary/aromatic N) is 3. The average molecular weight is 537 g/mol. The van der Waals surface area contributed by atoms with E-state index in [1.54, 1.807) is 41.3 Å². The van der Waals surface area contributed by atoms with E-state index in [2.05, 4.69) is 5.32 Å². The third-order valence-electron chi connectivity index (χ3n) is 8.61. The van der Waals surface area contributed by atoms with Crippen LogP contribution >= 0.6 is 0 Å². The lowest BCUT2D eigenvalue weighted by atomic mass is 10.0. The highest BCUT2D eigenvalue weighted by atomic mass is 19.1. The molecule has 3 aliphatic rings. The SMILES string of the molecule is CN(C(=O)c1ccc(Oc2ccc(F)cc2)cc1)[C@H]1CCN(C(=O)N2CC[C@@H](NCCCC3CCCC3)C2)C1. The number of urea groups is 1. The molecule has 7 nitrogen and oxygen atoms in total. The first kappa shape index (κ1) is 27.4. The van der Waals surface area contributed by atoms with Crippen molar-refractivity contribution in [2.45, 2.75) is 63.5 Å². The fraction of sp³-hybridized carbons (Fsp3) is 0.548. The van der Waals surface area contributed by atoms with Crippen LogP contribution in [0.3, 0.4) is 0 Å². The lowest BCUT2D eigenvalue weighted by Gasteiger charge is -2.27. The molecular weight excluding hydrogens is 495 g/mol. The number of hydrogen-bond donors (Lipinski definition) is 1. The van der Waals surface area contributed by atoms with Crippen LogP contribution in [-0.4, -0.2) is 78.5 Å². The molecule has 3 amide bonds.